The van der Waals surface area contributed by atoms with Gasteiger partial charge in [0.05, 0.1) is 13.1 Å². The fraction of sp³-hybridized carbons (Fsp3) is 0.438. The van der Waals surface area contributed by atoms with Gasteiger partial charge in [-0.25, -0.2) is 4.79 Å². The van der Waals surface area contributed by atoms with Crippen LogP contribution in [0.4, 0.5) is 10.5 Å². The zero-order chi connectivity index (χ0) is 16.8. The van der Waals surface area contributed by atoms with Gasteiger partial charge in [0.15, 0.2) is 10.9 Å². The summed E-state index contributed by atoms with van der Waals surface area (Å²) in [7, 11) is 1.73. The predicted octanol–water partition coefficient (Wildman–Crippen LogP) is 2.09. The molecule has 1 amide bonds. The Labute approximate surface area is 141 Å². The van der Waals surface area contributed by atoms with Crippen LogP contribution < -0.4 is 15.5 Å². The average Bonchev–Trinajstić information content (AvgIpc) is 2.94. The molecule has 1 aliphatic heterocycles. The van der Waals surface area contributed by atoms with E-state index in [9.17, 15) is 9.59 Å². The Morgan fingerprint density at radius 2 is 2.09 bits per heavy atom. The molecule has 1 aromatic rings. The molecule has 0 radical (unpaired) electrons. The van der Waals surface area contributed by atoms with Gasteiger partial charge in [0.2, 0.25) is 0 Å². The van der Waals surface area contributed by atoms with Gasteiger partial charge in [0.25, 0.3) is 0 Å². The molecular formula is C16H21N3O3S. The summed E-state index contributed by atoms with van der Waals surface area (Å²) in [5.41, 5.74) is 1.39. The normalized spacial score (nSPS) is 16.9. The molecule has 0 bridgehead atoms. The molecule has 2 rings (SSSR count). The lowest BCUT2D eigenvalue weighted by atomic mass is 10.1. The number of thiocarbonyl (C=S) groups is 1. The summed E-state index contributed by atoms with van der Waals surface area (Å²) in [5.74, 6) is 0.116. The maximum atomic E-state index is 12.0. The molecule has 0 saturated carbocycles. The van der Waals surface area contributed by atoms with Crippen LogP contribution in [0.3, 0.4) is 0 Å². The second kappa shape index (κ2) is 7.92. The molecule has 0 spiro atoms. The highest BCUT2D eigenvalue weighted by molar-refractivity contribution is 7.80. The van der Waals surface area contributed by atoms with Crippen LogP contribution in [-0.4, -0.2) is 43.2 Å². The molecule has 0 aliphatic carbocycles. The van der Waals surface area contributed by atoms with E-state index in [2.05, 4.69) is 10.6 Å². The minimum atomic E-state index is -0.389. The Hall–Kier alpha value is -2.15. The van der Waals surface area contributed by atoms with Crippen LogP contribution >= 0.6 is 12.2 Å². The number of hydrogen-bond donors (Lipinski definition) is 2. The predicted molar refractivity (Wildman–Crippen MR) is 93.0 cm³/mol. The van der Waals surface area contributed by atoms with Crippen molar-refractivity contribution in [3.8, 4) is 0 Å². The lowest BCUT2D eigenvalue weighted by Crippen LogP contribution is -2.39. The zero-order valence-electron chi connectivity index (χ0n) is 13.3. The van der Waals surface area contributed by atoms with E-state index in [1.807, 2.05) is 6.92 Å². The summed E-state index contributed by atoms with van der Waals surface area (Å²) in [6, 6.07) is 7.06. The molecule has 1 saturated heterocycles. The van der Waals surface area contributed by atoms with Gasteiger partial charge in [0, 0.05) is 24.7 Å². The van der Waals surface area contributed by atoms with Gasteiger partial charge in [-0.1, -0.05) is 6.92 Å². The second-order valence-electron chi connectivity index (χ2n) is 5.30. The van der Waals surface area contributed by atoms with Crippen molar-refractivity contribution in [3.63, 3.8) is 0 Å². The molecule has 1 heterocycles. The standard InChI is InChI=1S/C16H21N3O3S/c1-3-4-14(20)11-5-7-12(8-6-11)19-10-13(22-16(19)21)9-18-15(23)17-2/h5-8,13H,3-4,9-10H2,1-2H3,(H2,17,18,23)/t13-/m0/s1. The van der Waals surface area contributed by atoms with Gasteiger partial charge >= 0.3 is 6.09 Å². The number of rotatable bonds is 6. The Morgan fingerprint density at radius 1 is 1.39 bits per heavy atom. The summed E-state index contributed by atoms with van der Waals surface area (Å²) in [6.45, 7) is 2.87. The van der Waals surface area contributed by atoms with Crippen LogP contribution in [0, 0.1) is 0 Å². The van der Waals surface area contributed by atoms with Crippen molar-refractivity contribution in [2.45, 2.75) is 25.9 Å². The lowest BCUT2D eigenvalue weighted by molar-refractivity contribution is 0.0981. The largest absolute Gasteiger partial charge is 0.442 e. The van der Waals surface area contributed by atoms with Gasteiger partial charge in [-0.3, -0.25) is 9.69 Å². The molecular weight excluding hydrogens is 314 g/mol. The van der Waals surface area contributed by atoms with Crippen LogP contribution in [0.5, 0.6) is 0 Å². The number of Topliss-reactive ketones (excluding diaryl/α,β-unsaturated/α-hetero) is 1. The Morgan fingerprint density at radius 3 is 2.70 bits per heavy atom. The third-order valence-electron chi connectivity index (χ3n) is 3.57. The fourth-order valence-corrected chi connectivity index (χ4v) is 2.42. The van der Waals surface area contributed by atoms with E-state index >= 15 is 0 Å². The van der Waals surface area contributed by atoms with Crippen molar-refractivity contribution in [1.29, 1.82) is 0 Å². The fourth-order valence-electron chi connectivity index (χ4n) is 2.33. The number of ketones is 1. The van der Waals surface area contributed by atoms with E-state index in [4.69, 9.17) is 17.0 Å². The van der Waals surface area contributed by atoms with Crippen LogP contribution in [0.1, 0.15) is 30.1 Å². The molecule has 1 fully saturated rings. The number of carbonyl (C=O) groups excluding carboxylic acids is 2. The van der Waals surface area contributed by atoms with E-state index in [0.717, 1.165) is 12.1 Å². The highest BCUT2D eigenvalue weighted by atomic mass is 32.1. The first-order valence-electron chi connectivity index (χ1n) is 7.62. The molecule has 7 heteroatoms. The molecule has 6 nitrogen and oxygen atoms in total. The Balaban J connectivity index is 1.97. The third-order valence-corrected chi connectivity index (χ3v) is 3.92. The minimum Gasteiger partial charge on any atom is -0.442 e. The number of ether oxygens (including phenoxy) is 1. The monoisotopic (exact) mass is 335 g/mol. The minimum absolute atomic E-state index is 0.116. The first kappa shape index (κ1) is 17.2. The Kier molecular flexibility index (Phi) is 5.92. The number of carbonyl (C=O) groups is 2. The van der Waals surface area contributed by atoms with Crippen LogP contribution in [0.2, 0.25) is 0 Å². The summed E-state index contributed by atoms with van der Waals surface area (Å²) in [4.78, 5) is 25.4. The first-order chi connectivity index (χ1) is 11.0. The second-order valence-corrected chi connectivity index (χ2v) is 5.70. The summed E-state index contributed by atoms with van der Waals surface area (Å²) >= 11 is 4.99. The molecule has 23 heavy (non-hydrogen) atoms. The number of anilines is 1. The van der Waals surface area contributed by atoms with Crippen molar-refractivity contribution in [2.24, 2.45) is 0 Å². The van der Waals surface area contributed by atoms with Gasteiger partial charge in [-0.05, 0) is 42.9 Å². The highest BCUT2D eigenvalue weighted by Gasteiger charge is 2.32. The highest BCUT2D eigenvalue weighted by Crippen LogP contribution is 2.22. The number of benzene rings is 1. The molecule has 1 aromatic carbocycles. The number of amides is 1. The maximum Gasteiger partial charge on any atom is 0.414 e. The van der Waals surface area contributed by atoms with Crippen LogP contribution in [-0.2, 0) is 4.74 Å². The average molecular weight is 335 g/mol. The molecule has 124 valence electrons. The SMILES string of the molecule is CCCC(=O)c1ccc(N2C[C@H](CNC(=S)NC)OC2=O)cc1. The smallest absolute Gasteiger partial charge is 0.414 e. The maximum absolute atomic E-state index is 12.0. The van der Waals surface area contributed by atoms with Gasteiger partial charge < -0.3 is 15.4 Å². The number of nitrogens with zero attached hydrogens (tertiary/aromatic N) is 1. The van der Waals surface area contributed by atoms with E-state index in [1.54, 1.807) is 36.2 Å². The zero-order valence-corrected chi connectivity index (χ0v) is 14.1. The van der Waals surface area contributed by atoms with E-state index in [0.29, 0.717) is 30.2 Å². The summed E-state index contributed by atoms with van der Waals surface area (Å²) in [6.07, 6.45) is 0.696. The number of hydrogen-bond acceptors (Lipinski definition) is 4. The first-order valence-corrected chi connectivity index (χ1v) is 8.03. The molecule has 2 N–H and O–H groups in total. The van der Waals surface area contributed by atoms with Crippen LogP contribution in [0.15, 0.2) is 24.3 Å². The molecule has 1 aliphatic rings. The molecule has 1 atom stereocenters. The van der Waals surface area contributed by atoms with E-state index < -0.39 is 0 Å². The van der Waals surface area contributed by atoms with Crippen molar-refractivity contribution in [1.82, 2.24) is 10.6 Å². The van der Waals surface area contributed by atoms with Gasteiger partial charge in [-0.2, -0.15) is 0 Å². The van der Waals surface area contributed by atoms with Crippen molar-refractivity contribution < 1.29 is 14.3 Å². The third kappa shape index (κ3) is 4.41. The quantitative estimate of drug-likeness (QED) is 0.613. The summed E-state index contributed by atoms with van der Waals surface area (Å²) < 4.78 is 5.31. The van der Waals surface area contributed by atoms with E-state index in [1.165, 1.54) is 0 Å². The van der Waals surface area contributed by atoms with Gasteiger partial charge in [0.1, 0.15) is 6.10 Å². The summed E-state index contributed by atoms with van der Waals surface area (Å²) in [5, 5.41) is 6.29. The number of nitrogens with one attached hydrogen (secondary N) is 2. The van der Waals surface area contributed by atoms with Crippen molar-refractivity contribution >= 4 is 34.9 Å². The topological polar surface area (TPSA) is 70.7 Å². The molecule has 0 unspecified atom stereocenters. The van der Waals surface area contributed by atoms with Crippen molar-refractivity contribution in [2.75, 3.05) is 25.0 Å². The van der Waals surface area contributed by atoms with E-state index in [-0.39, 0.29) is 18.0 Å². The number of cyclic esters (lactones) is 1. The lowest BCUT2D eigenvalue weighted by Gasteiger charge is -2.14. The van der Waals surface area contributed by atoms with Gasteiger partial charge in [-0.15, -0.1) is 0 Å². The van der Waals surface area contributed by atoms with Crippen molar-refractivity contribution in [3.05, 3.63) is 29.8 Å². The van der Waals surface area contributed by atoms with Crippen LogP contribution in [0.25, 0.3) is 0 Å². The molecule has 0 aromatic heterocycles. The Bertz CT molecular complexity index is 589.